The molecule has 3 rings (SSSR count). The molecule has 0 aliphatic heterocycles. The summed E-state index contributed by atoms with van der Waals surface area (Å²) in [5, 5.41) is 5.55. The van der Waals surface area contributed by atoms with Gasteiger partial charge in [-0.05, 0) is 49.2 Å². The number of sulfonamides is 1. The van der Waals surface area contributed by atoms with E-state index in [9.17, 15) is 18.0 Å². The Labute approximate surface area is 189 Å². The third kappa shape index (κ3) is 5.86. The van der Waals surface area contributed by atoms with Gasteiger partial charge in [-0.3, -0.25) is 9.59 Å². The summed E-state index contributed by atoms with van der Waals surface area (Å²) in [5.74, 6) is -0.293. The lowest BCUT2D eigenvalue weighted by molar-refractivity contribution is -0.117. The van der Waals surface area contributed by atoms with Crippen LogP contribution in [-0.4, -0.2) is 33.3 Å². The molecule has 3 N–H and O–H groups in total. The summed E-state index contributed by atoms with van der Waals surface area (Å²) in [6, 6.07) is 8.86. The van der Waals surface area contributed by atoms with Crippen molar-refractivity contribution in [1.82, 2.24) is 10.0 Å². The van der Waals surface area contributed by atoms with Crippen LogP contribution in [-0.2, 0) is 14.8 Å². The number of rotatable bonds is 8. The van der Waals surface area contributed by atoms with E-state index in [1.54, 1.807) is 24.3 Å². The molecule has 0 unspecified atom stereocenters. The highest BCUT2D eigenvalue weighted by Crippen LogP contribution is 2.31. The summed E-state index contributed by atoms with van der Waals surface area (Å²) >= 11 is 17.6. The van der Waals surface area contributed by atoms with Crippen LogP contribution in [0.5, 0.6) is 0 Å². The molecule has 30 heavy (non-hydrogen) atoms. The maximum absolute atomic E-state index is 12.4. The number of hydrogen-bond donors (Lipinski definition) is 3. The average Bonchev–Trinajstić information content (AvgIpc) is 3.54. The summed E-state index contributed by atoms with van der Waals surface area (Å²) in [4.78, 5) is 23.7. The zero-order valence-corrected chi connectivity index (χ0v) is 18.6. The normalized spacial score (nSPS) is 13.7. The van der Waals surface area contributed by atoms with E-state index < -0.39 is 10.0 Å². The summed E-state index contributed by atoms with van der Waals surface area (Å²) in [6.07, 6.45) is 1.82. The highest BCUT2D eigenvalue weighted by Gasteiger charge is 2.29. The summed E-state index contributed by atoms with van der Waals surface area (Å²) in [6.45, 7) is -0.00263. The van der Waals surface area contributed by atoms with Crippen LogP contribution in [0.3, 0.4) is 0 Å². The second kappa shape index (κ2) is 9.53. The van der Waals surface area contributed by atoms with Gasteiger partial charge < -0.3 is 10.6 Å². The Morgan fingerprint density at radius 2 is 1.57 bits per heavy atom. The molecule has 2 aromatic carbocycles. The van der Waals surface area contributed by atoms with E-state index in [4.69, 9.17) is 34.8 Å². The maximum Gasteiger partial charge on any atom is 0.251 e. The van der Waals surface area contributed by atoms with Crippen LogP contribution in [0.2, 0.25) is 15.1 Å². The van der Waals surface area contributed by atoms with Crippen LogP contribution in [0.4, 0.5) is 5.69 Å². The molecule has 0 saturated heterocycles. The fraction of sp³-hybridized carbons (Fsp3) is 0.263. The van der Waals surface area contributed by atoms with E-state index in [1.165, 1.54) is 6.07 Å². The number of amides is 2. The van der Waals surface area contributed by atoms with Crippen molar-refractivity contribution in [3.8, 4) is 0 Å². The lowest BCUT2D eigenvalue weighted by atomic mass is 10.2. The monoisotopic (exact) mass is 489 g/mol. The molecule has 0 aromatic heterocycles. The summed E-state index contributed by atoms with van der Waals surface area (Å²) in [5.41, 5.74) is 1.00. The van der Waals surface area contributed by atoms with Crippen LogP contribution < -0.4 is 15.4 Å². The predicted octanol–water partition coefficient (Wildman–Crippen LogP) is 3.70. The fourth-order valence-corrected chi connectivity index (χ4v) is 4.58. The Morgan fingerprint density at radius 1 is 0.933 bits per heavy atom. The smallest absolute Gasteiger partial charge is 0.251 e. The zero-order chi connectivity index (χ0) is 21.9. The van der Waals surface area contributed by atoms with Gasteiger partial charge in [-0.1, -0.05) is 34.8 Å². The van der Waals surface area contributed by atoms with Crippen molar-refractivity contribution in [1.29, 1.82) is 0 Å². The Hall–Kier alpha value is -1.84. The van der Waals surface area contributed by atoms with E-state index >= 15 is 0 Å². The number of carbonyl (C=O) groups excluding carboxylic acids is 2. The van der Waals surface area contributed by atoms with Crippen molar-refractivity contribution < 1.29 is 18.0 Å². The summed E-state index contributed by atoms with van der Waals surface area (Å²) in [7, 11) is -3.93. The van der Waals surface area contributed by atoms with Crippen LogP contribution in [0.1, 0.15) is 23.2 Å². The Morgan fingerprint density at radius 3 is 2.20 bits per heavy atom. The molecule has 0 atom stereocenters. The first-order valence-electron chi connectivity index (χ1n) is 9.01. The quantitative estimate of drug-likeness (QED) is 0.387. The topological polar surface area (TPSA) is 104 Å². The van der Waals surface area contributed by atoms with Gasteiger partial charge in [0.05, 0.1) is 15.1 Å². The van der Waals surface area contributed by atoms with Crippen LogP contribution in [0.25, 0.3) is 0 Å². The minimum atomic E-state index is -3.93. The maximum atomic E-state index is 12.4. The number of halogens is 3. The zero-order valence-electron chi connectivity index (χ0n) is 15.5. The van der Waals surface area contributed by atoms with Crippen molar-refractivity contribution >= 4 is 62.3 Å². The molecular formula is C19H18Cl3N3O4S. The lowest BCUT2D eigenvalue weighted by Gasteiger charge is -2.10. The van der Waals surface area contributed by atoms with Gasteiger partial charge in [0.1, 0.15) is 4.90 Å². The van der Waals surface area contributed by atoms with Crippen LogP contribution in [0.15, 0.2) is 41.3 Å². The van der Waals surface area contributed by atoms with Gasteiger partial charge in [-0.2, -0.15) is 0 Å². The molecule has 0 heterocycles. The van der Waals surface area contributed by atoms with Crippen molar-refractivity contribution in [2.75, 3.05) is 18.4 Å². The number of anilines is 1. The lowest BCUT2D eigenvalue weighted by Crippen LogP contribution is -2.34. The first kappa shape index (κ1) is 22.8. The van der Waals surface area contributed by atoms with Gasteiger partial charge in [-0.15, -0.1) is 0 Å². The standard InChI is InChI=1S/C19H18Cl3N3O4S/c20-14-9-16(22)17(10-15(14)21)30(28,29)24-8-7-23-18(26)11-3-5-13(6-4-11)25-19(27)12-1-2-12/h3-6,9-10,12,24H,1-2,7-8H2,(H,23,26)(H,25,27). The molecule has 2 aromatic rings. The first-order chi connectivity index (χ1) is 14.2. The van der Waals surface area contributed by atoms with Crippen molar-refractivity contribution in [2.24, 2.45) is 5.92 Å². The van der Waals surface area contributed by atoms with Gasteiger partial charge in [0, 0.05) is 30.3 Å². The second-order valence-electron chi connectivity index (χ2n) is 6.69. The van der Waals surface area contributed by atoms with Crippen LogP contribution >= 0.6 is 34.8 Å². The molecule has 2 amide bonds. The minimum absolute atomic E-state index is 0.0124. The van der Waals surface area contributed by atoms with Crippen molar-refractivity contribution in [2.45, 2.75) is 17.7 Å². The van der Waals surface area contributed by atoms with Crippen molar-refractivity contribution in [3.05, 3.63) is 57.0 Å². The second-order valence-corrected chi connectivity index (χ2v) is 9.65. The third-order valence-electron chi connectivity index (χ3n) is 4.33. The minimum Gasteiger partial charge on any atom is -0.351 e. The van der Waals surface area contributed by atoms with Gasteiger partial charge >= 0.3 is 0 Å². The van der Waals surface area contributed by atoms with E-state index in [1.807, 2.05) is 0 Å². The van der Waals surface area contributed by atoms with Crippen molar-refractivity contribution in [3.63, 3.8) is 0 Å². The molecule has 1 saturated carbocycles. The predicted molar refractivity (Wildman–Crippen MR) is 117 cm³/mol. The molecule has 11 heteroatoms. The van der Waals surface area contributed by atoms with Gasteiger partial charge in [-0.25, -0.2) is 13.1 Å². The molecule has 1 fully saturated rings. The Bertz CT molecular complexity index is 1070. The molecule has 0 bridgehead atoms. The number of carbonyl (C=O) groups is 2. The van der Waals surface area contributed by atoms with E-state index in [0.717, 1.165) is 18.9 Å². The average molecular weight is 491 g/mol. The molecular weight excluding hydrogens is 473 g/mol. The summed E-state index contributed by atoms with van der Waals surface area (Å²) < 4.78 is 27.1. The number of nitrogens with one attached hydrogen (secondary N) is 3. The first-order valence-corrected chi connectivity index (χ1v) is 11.6. The Balaban J connectivity index is 1.49. The largest absolute Gasteiger partial charge is 0.351 e. The molecule has 0 radical (unpaired) electrons. The number of benzene rings is 2. The highest BCUT2D eigenvalue weighted by molar-refractivity contribution is 7.89. The van der Waals surface area contributed by atoms with Gasteiger partial charge in [0.15, 0.2) is 0 Å². The molecule has 1 aliphatic carbocycles. The van der Waals surface area contributed by atoms with E-state index in [0.29, 0.717) is 11.3 Å². The Kier molecular flexibility index (Phi) is 7.26. The molecule has 7 nitrogen and oxygen atoms in total. The highest BCUT2D eigenvalue weighted by atomic mass is 35.5. The number of hydrogen-bond acceptors (Lipinski definition) is 4. The third-order valence-corrected chi connectivity index (χ3v) is 6.98. The fourth-order valence-electron chi connectivity index (χ4n) is 2.55. The van der Waals surface area contributed by atoms with Gasteiger partial charge in [0.25, 0.3) is 5.91 Å². The molecule has 160 valence electrons. The molecule has 1 aliphatic rings. The van der Waals surface area contributed by atoms with E-state index in [2.05, 4.69) is 15.4 Å². The SMILES string of the molecule is O=C(NCCNS(=O)(=O)c1cc(Cl)c(Cl)cc1Cl)c1ccc(NC(=O)C2CC2)cc1. The van der Waals surface area contributed by atoms with Gasteiger partial charge in [0.2, 0.25) is 15.9 Å². The van der Waals surface area contributed by atoms with Crippen LogP contribution in [0, 0.1) is 5.92 Å². The van der Waals surface area contributed by atoms with E-state index in [-0.39, 0.29) is 50.8 Å². The molecule has 0 spiro atoms.